The second kappa shape index (κ2) is 3.73. The third-order valence-corrected chi connectivity index (χ3v) is 1.66. The normalized spacial score (nSPS) is 9.33. The van der Waals surface area contributed by atoms with Crippen molar-refractivity contribution in [2.45, 2.75) is 0 Å². The second-order valence-electron chi connectivity index (χ2n) is 2.39. The molecule has 0 radical (unpaired) electrons. The van der Waals surface area contributed by atoms with Crippen molar-refractivity contribution in [1.29, 1.82) is 0 Å². The third-order valence-electron chi connectivity index (χ3n) is 1.66. The summed E-state index contributed by atoms with van der Waals surface area (Å²) in [6.07, 6.45) is 1.75. The fourth-order valence-electron chi connectivity index (χ4n) is 1.12. The van der Waals surface area contributed by atoms with E-state index in [1.54, 1.807) is 18.3 Å². The van der Waals surface area contributed by atoms with Gasteiger partial charge < -0.3 is 5.11 Å². The minimum absolute atomic E-state index is 0. The van der Waals surface area contributed by atoms with E-state index in [-0.39, 0.29) is 28.8 Å². The largest absolute Gasteiger partial charge is 2.00 e. The minimum Gasteiger partial charge on any atom is -0.868 e. The van der Waals surface area contributed by atoms with Crippen LogP contribution >= 0.6 is 0 Å². The minimum atomic E-state index is 0. The van der Waals surface area contributed by atoms with Gasteiger partial charge in [-0.15, -0.1) is 0 Å². The fourth-order valence-corrected chi connectivity index (χ4v) is 1.12. The molecule has 0 spiro atoms. The number of hydrogen-bond donors (Lipinski definition) is 0. The van der Waals surface area contributed by atoms with Crippen LogP contribution in [0.15, 0.2) is 36.5 Å². The smallest absolute Gasteiger partial charge is 0.868 e. The van der Waals surface area contributed by atoms with Crippen LogP contribution in [0.5, 0.6) is 5.75 Å². The Morgan fingerprint density at radius 2 is 1.83 bits per heavy atom. The van der Waals surface area contributed by atoms with Crippen LogP contribution in [0.3, 0.4) is 0 Å². The predicted octanol–water partition coefficient (Wildman–Crippen LogP) is 0.347. The Kier molecular flexibility index (Phi) is 2.89. The molecule has 1 aromatic heterocycles. The zero-order valence-electron chi connectivity index (χ0n) is 6.58. The molecule has 0 bridgehead atoms. The molecule has 0 aliphatic heterocycles. The summed E-state index contributed by atoms with van der Waals surface area (Å²) < 4.78 is 0. The van der Waals surface area contributed by atoms with Crippen LogP contribution in [0, 0.1) is 0 Å². The fraction of sp³-hybridized carbons (Fsp3) is 0. The first-order valence-corrected chi connectivity index (χ1v) is 3.44. The van der Waals surface area contributed by atoms with Gasteiger partial charge in [-0.2, -0.15) is 0 Å². The molecule has 1 N–H and O–H groups in total. The molecule has 2 nitrogen and oxygen atoms in total. The summed E-state index contributed by atoms with van der Waals surface area (Å²) in [5, 5.41) is 12.1. The van der Waals surface area contributed by atoms with Crippen molar-refractivity contribution >= 4 is 34.0 Å². The quantitative estimate of drug-likeness (QED) is 0.524. The number of para-hydroxylation sites is 1. The molecule has 1 heterocycles. The molecular weight excluding hydrogens is 162 g/mol. The monoisotopic (exact) mass is 169 g/mol. The summed E-state index contributed by atoms with van der Waals surface area (Å²) in [7, 11) is 0. The van der Waals surface area contributed by atoms with Crippen LogP contribution in [-0.2, 0) is 0 Å². The van der Waals surface area contributed by atoms with Gasteiger partial charge in [0.25, 0.3) is 0 Å². The van der Waals surface area contributed by atoms with Crippen LogP contribution in [0.2, 0.25) is 0 Å². The van der Waals surface area contributed by atoms with E-state index in [2.05, 4.69) is 4.98 Å². The molecule has 0 saturated carbocycles. The van der Waals surface area contributed by atoms with Gasteiger partial charge in [0.05, 0.1) is 0 Å². The number of aromatic nitrogens is 1. The molecule has 0 fully saturated rings. The van der Waals surface area contributed by atoms with Gasteiger partial charge in [0, 0.05) is 11.5 Å². The van der Waals surface area contributed by atoms with Gasteiger partial charge in [0.15, 0.2) is 6.20 Å². The first-order valence-electron chi connectivity index (χ1n) is 3.44. The SMILES string of the molecule is [Mg+2].[O-]c1cccc2ccc[nH+]c12. The molecule has 0 aliphatic carbocycles. The van der Waals surface area contributed by atoms with Gasteiger partial charge in [0.1, 0.15) is 0 Å². The van der Waals surface area contributed by atoms with Gasteiger partial charge in [-0.1, -0.05) is 12.1 Å². The zero-order chi connectivity index (χ0) is 7.68. The number of hydrogen-bond acceptors (Lipinski definition) is 1. The Morgan fingerprint density at radius 1 is 1.08 bits per heavy atom. The maximum absolute atomic E-state index is 11.1. The van der Waals surface area contributed by atoms with E-state index in [0.717, 1.165) is 5.39 Å². The number of rotatable bonds is 0. The van der Waals surface area contributed by atoms with Gasteiger partial charge in [0.2, 0.25) is 5.52 Å². The maximum atomic E-state index is 11.1. The van der Waals surface area contributed by atoms with Crippen LogP contribution in [0.4, 0.5) is 0 Å². The average molecular weight is 169 g/mol. The van der Waals surface area contributed by atoms with E-state index in [0.29, 0.717) is 5.52 Å². The molecular formula is C9H7MgNO+2. The molecule has 2 aromatic rings. The summed E-state index contributed by atoms with van der Waals surface area (Å²) in [5.41, 5.74) is 0.676. The number of H-pyrrole nitrogens is 1. The van der Waals surface area contributed by atoms with Gasteiger partial charge in [-0.05, 0) is 17.9 Å². The number of aromatic amines is 1. The molecule has 0 saturated heterocycles. The van der Waals surface area contributed by atoms with E-state index in [4.69, 9.17) is 0 Å². The molecule has 54 valence electrons. The van der Waals surface area contributed by atoms with E-state index >= 15 is 0 Å². The third kappa shape index (κ3) is 1.51. The van der Waals surface area contributed by atoms with Crippen molar-refractivity contribution in [2.75, 3.05) is 0 Å². The number of nitrogens with one attached hydrogen (secondary N) is 1. The van der Waals surface area contributed by atoms with Crippen LogP contribution in [-0.4, -0.2) is 23.1 Å². The molecule has 12 heavy (non-hydrogen) atoms. The number of pyridine rings is 1. The Balaban J connectivity index is 0.000000720. The van der Waals surface area contributed by atoms with Crippen molar-refractivity contribution in [3.8, 4) is 5.75 Å². The molecule has 3 heteroatoms. The predicted molar refractivity (Wildman–Crippen MR) is 45.7 cm³/mol. The number of fused-ring (bicyclic) bond motifs is 1. The Hall–Kier alpha value is -0.804. The van der Waals surface area contributed by atoms with Crippen molar-refractivity contribution in [1.82, 2.24) is 0 Å². The van der Waals surface area contributed by atoms with Gasteiger partial charge >= 0.3 is 23.1 Å². The van der Waals surface area contributed by atoms with E-state index in [1.165, 1.54) is 0 Å². The van der Waals surface area contributed by atoms with Crippen molar-refractivity contribution in [3.63, 3.8) is 0 Å². The van der Waals surface area contributed by atoms with Gasteiger partial charge in [-0.3, -0.25) is 0 Å². The first kappa shape index (κ1) is 9.29. The first-order chi connectivity index (χ1) is 5.38. The van der Waals surface area contributed by atoms with Crippen molar-refractivity contribution in [3.05, 3.63) is 36.5 Å². The summed E-state index contributed by atoms with van der Waals surface area (Å²) in [6.45, 7) is 0. The van der Waals surface area contributed by atoms with Crippen LogP contribution < -0.4 is 10.1 Å². The van der Waals surface area contributed by atoms with Crippen LogP contribution in [0.25, 0.3) is 10.9 Å². The van der Waals surface area contributed by atoms with Crippen LogP contribution in [0.1, 0.15) is 0 Å². The Morgan fingerprint density at radius 3 is 2.58 bits per heavy atom. The topological polar surface area (TPSA) is 37.2 Å². The molecule has 0 unspecified atom stereocenters. The molecule has 0 aliphatic rings. The number of benzene rings is 1. The van der Waals surface area contributed by atoms with E-state index in [9.17, 15) is 5.11 Å². The molecule has 0 amide bonds. The summed E-state index contributed by atoms with van der Waals surface area (Å²) in [4.78, 5) is 2.91. The van der Waals surface area contributed by atoms with E-state index < -0.39 is 0 Å². The maximum Gasteiger partial charge on any atom is 2.00 e. The standard InChI is InChI=1S/C9H7NO.Mg/c11-8-5-1-3-7-4-2-6-10-9(7)8;/h1-6,11H;/q;+2. The van der Waals surface area contributed by atoms with E-state index in [1.807, 2.05) is 18.2 Å². The van der Waals surface area contributed by atoms with Crippen molar-refractivity contribution < 1.29 is 10.1 Å². The Bertz CT molecular complexity index is 384. The summed E-state index contributed by atoms with van der Waals surface area (Å²) >= 11 is 0. The summed E-state index contributed by atoms with van der Waals surface area (Å²) in [6, 6.07) is 9.01. The van der Waals surface area contributed by atoms with Crippen molar-refractivity contribution in [2.24, 2.45) is 0 Å². The molecule has 1 aromatic carbocycles. The zero-order valence-corrected chi connectivity index (χ0v) is 7.99. The average Bonchev–Trinajstić information content (AvgIpc) is 2.06. The molecule has 0 atom stereocenters. The summed E-state index contributed by atoms with van der Waals surface area (Å²) in [5.74, 6) is 0.0445. The Labute approximate surface area is 86.4 Å². The molecule has 2 rings (SSSR count). The van der Waals surface area contributed by atoms with Gasteiger partial charge in [-0.25, -0.2) is 4.98 Å². The second-order valence-corrected chi connectivity index (χ2v) is 2.39.